The summed E-state index contributed by atoms with van der Waals surface area (Å²) < 4.78 is 0. The van der Waals surface area contributed by atoms with Crippen molar-refractivity contribution < 1.29 is 4.79 Å². The van der Waals surface area contributed by atoms with Gasteiger partial charge in [0.1, 0.15) is 0 Å². The van der Waals surface area contributed by atoms with Crippen LogP contribution < -0.4 is 5.32 Å². The zero-order chi connectivity index (χ0) is 9.70. The van der Waals surface area contributed by atoms with E-state index in [1.165, 1.54) is 0 Å². The van der Waals surface area contributed by atoms with Crippen molar-refractivity contribution in [1.29, 1.82) is 0 Å². The molecule has 0 aliphatic carbocycles. The predicted octanol–water partition coefficient (Wildman–Crippen LogP) is -0.143. The zero-order valence-electron chi connectivity index (χ0n) is 8.09. The summed E-state index contributed by atoms with van der Waals surface area (Å²) >= 11 is 0. The van der Waals surface area contributed by atoms with Crippen LogP contribution >= 0.6 is 0 Å². The van der Waals surface area contributed by atoms with Crippen LogP contribution in [0.1, 0.15) is 0 Å². The van der Waals surface area contributed by atoms with Crippen LogP contribution in [-0.4, -0.2) is 53.3 Å². The number of carbonyl (C=O) groups excluding carboxylic acids is 1. The van der Waals surface area contributed by atoms with Gasteiger partial charge in [0.2, 0.25) is 6.41 Å². The highest BCUT2D eigenvalue weighted by Crippen LogP contribution is 1.47. The molecule has 0 aromatic carbocycles. The maximum absolute atomic E-state index is 9.06. The molecule has 0 heterocycles. The van der Waals surface area contributed by atoms with Crippen molar-refractivity contribution in [1.82, 2.24) is 10.2 Å². The standard InChI is InChI=1S/C3H9N.C2H5NO.C2H5N/c1-4(2)3;1-3-2-4;1-3-2/h1-3H3;2H,1H3,(H,3,4);1H2,2H3. The second kappa shape index (κ2) is 23.0. The summed E-state index contributed by atoms with van der Waals surface area (Å²) in [5.41, 5.74) is 0. The monoisotopic (exact) mass is 161 g/mol. The molecule has 0 aliphatic heterocycles. The minimum absolute atomic E-state index is 0.625. The van der Waals surface area contributed by atoms with Crippen LogP contribution in [0.15, 0.2) is 4.99 Å². The number of nitrogens with zero attached hydrogens (tertiary/aromatic N) is 2. The molecule has 0 spiro atoms. The summed E-state index contributed by atoms with van der Waals surface area (Å²) in [6, 6.07) is 0. The molecule has 4 heteroatoms. The van der Waals surface area contributed by atoms with Gasteiger partial charge in [-0.25, -0.2) is 0 Å². The third-order valence-corrected chi connectivity index (χ3v) is 0.118. The number of carbonyl (C=O) groups is 1. The van der Waals surface area contributed by atoms with Crippen LogP contribution in [-0.2, 0) is 4.79 Å². The van der Waals surface area contributed by atoms with Gasteiger partial charge in [0.05, 0.1) is 0 Å². The van der Waals surface area contributed by atoms with E-state index < -0.39 is 0 Å². The fourth-order valence-corrected chi connectivity index (χ4v) is 0. The van der Waals surface area contributed by atoms with Gasteiger partial charge >= 0.3 is 0 Å². The summed E-state index contributed by atoms with van der Waals surface area (Å²) in [4.78, 5) is 14.3. The number of rotatable bonds is 1. The van der Waals surface area contributed by atoms with E-state index in [2.05, 4.69) is 17.0 Å². The molecule has 0 rings (SSSR count). The number of amides is 1. The molecule has 0 aromatic heterocycles. The zero-order valence-corrected chi connectivity index (χ0v) is 8.09. The van der Waals surface area contributed by atoms with Crippen molar-refractivity contribution in [2.75, 3.05) is 35.2 Å². The van der Waals surface area contributed by atoms with Crippen molar-refractivity contribution >= 4 is 13.1 Å². The average molecular weight is 161 g/mol. The van der Waals surface area contributed by atoms with Crippen LogP contribution in [0.25, 0.3) is 0 Å². The van der Waals surface area contributed by atoms with Gasteiger partial charge in [0.25, 0.3) is 0 Å². The first kappa shape index (κ1) is 16.6. The Morgan fingerprint density at radius 2 is 1.55 bits per heavy atom. The Kier molecular flexibility index (Phi) is 34.6. The van der Waals surface area contributed by atoms with Crippen molar-refractivity contribution in [3.63, 3.8) is 0 Å². The van der Waals surface area contributed by atoms with Gasteiger partial charge in [-0.15, -0.1) is 0 Å². The highest BCUT2D eigenvalue weighted by Gasteiger charge is 1.58. The van der Waals surface area contributed by atoms with Crippen molar-refractivity contribution in [2.45, 2.75) is 0 Å². The summed E-state index contributed by atoms with van der Waals surface area (Å²) in [7, 11) is 9.20. The first-order chi connectivity index (χ1) is 5.06. The van der Waals surface area contributed by atoms with Crippen LogP contribution in [0, 0.1) is 0 Å². The topological polar surface area (TPSA) is 44.7 Å². The lowest BCUT2D eigenvalue weighted by Crippen LogP contribution is -1.99. The molecule has 0 unspecified atom stereocenters. The van der Waals surface area contributed by atoms with E-state index in [0.717, 1.165) is 0 Å². The molecule has 11 heavy (non-hydrogen) atoms. The molecule has 1 amide bonds. The summed E-state index contributed by atoms with van der Waals surface area (Å²) in [5.74, 6) is 0. The lowest BCUT2D eigenvalue weighted by atomic mass is 11.0. The highest BCUT2D eigenvalue weighted by atomic mass is 16.1. The van der Waals surface area contributed by atoms with E-state index in [0.29, 0.717) is 6.41 Å². The summed E-state index contributed by atoms with van der Waals surface area (Å²) in [6.45, 7) is 3.11. The number of nitrogens with one attached hydrogen (secondary N) is 1. The second-order valence-corrected chi connectivity index (χ2v) is 2.06. The molecule has 0 fully saturated rings. The summed E-state index contributed by atoms with van der Waals surface area (Å²) in [5, 5.41) is 2.25. The van der Waals surface area contributed by atoms with E-state index in [-0.39, 0.29) is 0 Å². The third-order valence-electron chi connectivity index (χ3n) is 0.118. The Morgan fingerprint density at radius 3 is 1.55 bits per heavy atom. The van der Waals surface area contributed by atoms with E-state index in [1.807, 2.05) is 26.0 Å². The summed E-state index contributed by atoms with van der Waals surface area (Å²) in [6.07, 6.45) is 0.625. The molecular weight excluding hydrogens is 142 g/mol. The lowest BCUT2D eigenvalue weighted by molar-refractivity contribution is -0.109. The van der Waals surface area contributed by atoms with Gasteiger partial charge in [0.15, 0.2) is 0 Å². The molecule has 1 N–H and O–H groups in total. The molecule has 0 saturated heterocycles. The first-order valence-corrected chi connectivity index (χ1v) is 3.13. The number of aliphatic imine (C=N–C) groups is 1. The largest absolute Gasteiger partial charge is 0.362 e. The molecule has 0 radical (unpaired) electrons. The van der Waals surface area contributed by atoms with Crippen LogP contribution in [0.5, 0.6) is 0 Å². The number of hydrogen-bond acceptors (Lipinski definition) is 3. The molecule has 68 valence electrons. The first-order valence-electron chi connectivity index (χ1n) is 3.13. The molecule has 0 saturated carbocycles. The van der Waals surface area contributed by atoms with Crippen LogP contribution in [0.3, 0.4) is 0 Å². The van der Waals surface area contributed by atoms with Crippen molar-refractivity contribution in [2.24, 2.45) is 4.99 Å². The smallest absolute Gasteiger partial charge is 0.206 e. The Balaban J connectivity index is -0.0000000886. The Morgan fingerprint density at radius 1 is 1.45 bits per heavy atom. The molecule has 4 nitrogen and oxygen atoms in total. The maximum atomic E-state index is 9.06. The number of hydrogen-bond donors (Lipinski definition) is 1. The Hall–Kier alpha value is -0.900. The Labute approximate surface area is 69.3 Å². The lowest BCUT2D eigenvalue weighted by Gasteiger charge is -1.90. The van der Waals surface area contributed by atoms with E-state index in [9.17, 15) is 0 Å². The van der Waals surface area contributed by atoms with Crippen molar-refractivity contribution in [3.05, 3.63) is 0 Å². The van der Waals surface area contributed by atoms with Gasteiger partial charge in [-0.2, -0.15) is 0 Å². The fraction of sp³-hybridized carbons (Fsp3) is 0.714. The minimum atomic E-state index is 0.625. The fourth-order valence-electron chi connectivity index (χ4n) is 0. The predicted molar refractivity (Wildman–Crippen MR) is 50.2 cm³/mol. The normalized spacial score (nSPS) is 6.36. The van der Waals surface area contributed by atoms with Crippen molar-refractivity contribution in [3.8, 4) is 0 Å². The van der Waals surface area contributed by atoms with E-state index in [4.69, 9.17) is 4.79 Å². The van der Waals surface area contributed by atoms with Crippen LogP contribution in [0.4, 0.5) is 0 Å². The Bertz CT molecular complexity index is 71.3. The van der Waals surface area contributed by atoms with E-state index >= 15 is 0 Å². The SMILES string of the molecule is C=NC.CN(C)C.CNC=O. The van der Waals surface area contributed by atoms with Gasteiger partial charge in [-0.1, -0.05) is 0 Å². The quantitative estimate of drug-likeness (QED) is 0.429. The van der Waals surface area contributed by atoms with Gasteiger partial charge in [0, 0.05) is 14.1 Å². The molecule has 0 bridgehead atoms. The van der Waals surface area contributed by atoms with E-state index in [1.54, 1.807) is 14.1 Å². The third kappa shape index (κ3) is 45900. The molecule has 0 aromatic rings. The molecule has 0 atom stereocenters. The van der Waals surface area contributed by atoms with Crippen LogP contribution in [0.2, 0.25) is 0 Å². The highest BCUT2D eigenvalue weighted by molar-refractivity contribution is 5.44. The molecular formula is C7H19N3O. The minimum Gasteiger partial charge on any atom is -0.362 e. The maximum Gasteiger partial charge on any atom is 0.206 e. The van der Waals surface area contributed by atoms with Gasteiger partial charge in [-0.05, 0) is 27.9 Å². The van der Waals surface area contributed by atoms with Gasteiger partial charge < -0.3 is 15.2 Å². The van der Waals surface area contributed by atoms with Gasteiger partial charge in [-0.3, -0.25) is 4.79 Å². The molecule has 0 aliphatic rings. The average Bonchev–Trinajstić information content (AvgIpc) is 1.88. The second-order valence-electron chi connectivity index (χ2n) is 2.06.